The first-order valence-electron chi connectivity index (χ1n) is 11.5. The Kier molecular flexibility index (Phi) is 6.83. The summed E-state index contributed by atoms with van der Waals surface area (Å²) in [6.45, 7) is 5.25. The molecule has 0 aliphatic carbocycles. The number of hydrogen-bond donors (Lipinski definition) is 0. The molecule has 0 bridgehead atoms. The zero-order valence-electron chi connectivity index (χ0n) is 18.9. The Morgan fingerprint density at radius 2 is 1.59 bits per heavy atom. The van der Waals surface area contributed by atoms with Crippen molar-refractivity contribution in [1.29, 1.82) is 0 Å². The van der Waals surface area contributed by atoms with Gasteiger partial charge in [-0.05, 0) is 44.7 Å². The summed E-state index contributed by atoms with van der Waals surface area (Å²) in [5, 5.41) is 0. The second kappa shape index (κ2) is 9.77. The molecule has 1 amide bonds. The van der Waals surface area contributed by atoms with Crippen molar-refractivity contribution in [2.75, 3.05) is 39.9 Å². The van der Waals surface area contributed by atoms with Crippen LogP contribution in [0.5, 0.6) is 0 Å². The van der Waals surface area contributed by atoms with Crippen LogP contribution in [0, 0.1) is 0 Å². The highest BCUT2D eigenvalue weighted by atomic mass is 16.5. The number of carbonyl (C=O) groups is 2. The highest BCUT2D eigenvalue weighted by Gasteiger charge is 2.31. The fourth-order valence-corrected chi connectivity index (χ4v) is 5.13. The lowest BCUT2D eigenvalue weighted by molar-refractivity contribution is -0.143. The number of imidazole rings is 1. The molecule has 174 valence electrons. The maximum atomic E-state index is 13.3. The third-order valence-electron chi connectivity index (χ3n) is 6.74. The predicted octanol–water partition coefficient (Wildman–Crippen LogP) is 2.23. The Bertz CT molecular complexity index is 1010. The zero-order valence-corrected chi connectivity index (χ0v) is 18.9. The average Bonchev–Trinajstić information content (AvgIpc) is 3.10. The lowest BCUT2D eigenvalue weighted by atomic mass is 9.97. The van der Waals surface area contributed by atoms with Gasteiger partial charge in [0.25, 0.3) is 0 Å². The van der Waals surface area contributed by atoms with Gasteiger partial charge in [0.15, 0.2) is 0 Å². The second-order valence-electron chi connectivity index (χ2n) is 8.49. The van der Waals surface area contributed by atoms with Gasteiger partial charge in [-0.3, -0.25) is 13.9 Å². The van der Waals surface area contributed by atoms with Gasteiger partial charge in [0.05, 0.1) is 24.8 Å². The number of para-hydroxylation sites is 2. The van der Waals surface area contributed by atoms with E-state index in [9.17, 15) is 14.4 Å². The van der Waals surface area contributed by atoms with Gasteiger partial charge in [-0.15, -0.1) is 0 Å². The summed E-state index contributed by atoms with van der Waals surface area (Å²) in [5.74, 6) is -0.398. The summed E-state index contributed by atoms with van der Waals surface area (Å²) in [4.78, 5) is 41.3. The molecule has 0 atom stereocenters. The fourth-order valence-electron chi connectivity index (χ4n) is 5.13. The Hall–Kier alpha value is -2.81. The summed E-state index contributed by atoms with van der Waals surface area (Å²) >= 11 is 0. The van der Waals surface area contributed by atoms with Crippen LogP contribution in [0.15, 0.2) is 29.1 Å². The number of aromatic nitrogens is 2. The summed E-state index contributed by atoms with van der Waals surface area (Å²) in [5.41, 5.74) is 1.49. The largest absolute Gasteiger partial charge is 0.465 e. The van der Waals surface area contributed by atoms with Crippen molar-refractivity contribution >= 4 is 23.1 Å². The number of fused-ring (bicyclic) bond motifs is 1. The lowest BCUT2D eigenvalue weighted by Crippen LogP contribution is -2.49. The first-order chi connectivity index (χ1) is 15.5. The smallest absolute Gasteiger partial charge is 0.409 e. The Labute approximate surface area is 187 Å². The minimum Gasteiger partial charge on any atom is -0.465 e. The molecule has 2 aromatic rings. The van der Waals surface area contributed by atoms with Crippen molar-refractivity contribution in [2.45, 2.75) is 51.2 Å². The van der Waals surface area contributed by atoms with E-state index in [4.69, 9.17) is 9.47 Å². The molecule has 2 fully saturated rings. The lowest BCUT2D eigenvalue weighted by Gasteiger charge is -2.41. The number of piperidine rings is 2. The number of hydrogen-bond acceptors (Lipinski definition) is 6. The van der Waals surface area contributed by atoms with Crippen LogP contribution in [0.3, 0.4) is 0 Å². The van der Waals surface area contributed by atoms with E-state index in [1.165, 1.54) is 11.7 Å². The topological polar surface area (TPSA) is 86.0 Å². The molecule has 9 heteroatoms. The van der Waals surface area contributed by atoms with E-state index >= 15 is 0 Å². The standard InChI is InChI=1S/C23H32N4O5/c1-3-32-21(28)16-26-19-6-4-5-7-20(19)27(22(26)29)18-10-12-24(13-11-18)17-8-14-25(15-9-17)23(30)31-2/h4-7,17-18H,3,8-16H2,1-2H3. The van der Waals surface area contributed by atoms with E-state index in [1.807, 2.05) is 28.8 Å². The molecule has 1 aromatic carbocycles. The minimum absolute atomic E-state index is 0.0716. The summed E-state index contributed by atoms with van der Waals surface area (Å²) < 4.78 is 13.3. The first-order valence-corrected chi connectivity index (χ1v) is 11.5. The van der Waals surface area contributed by atoms with Crippen LogP contribution in [-0.2, 0) is 20.8 Å². The third kappa shape index (κ3) is 4.39. The highest BCUT2D eigenvalue weighted by Crippen LogP contribution is 2.29. The first kappa shape index (κ1) is 22.4. The van der Waals surface area contributed by atoms with E-state index in [-0.39, 0.29) is 24.4 Å². The number of ether oxygens (including phenoxy) is 2. The van der Waals surface area contributed by atoms with Gasteiger partial charge in [-0.2, -0.15) is 0 Å². The van der Waals surface area contributed by atoms with Crippen molar-refractivity contribution in [3.8, 4) is 0 Å². The molecule has 4 rings (SSSR count). The van der Waals surface area contributed by atoms with E-state index < -0.39 is 5.97 Å². The van der Waals surface area contributed by atoms with Crippen molar-refractivity contribution in [3.63, 3.8) is 0 Å². The average molecular weight is 445 g/mol. The van der Waals surface area contributed by atoms with E-state index in [1.54, 1.807) is 11.8 Å². The molecule has 9 nitrogen and oxygen atoms in total. The number of likely N-dealkylation sites (tertiary alicyclic amines) is 2. The second-order valence-corrected chi connectivity index (χ2v) is 8.49. The number of benzene rings is 1. The maximum Gasteiger partial charge on any atom is 0.409 e. The van der Waals surface area contributed by atoms with Crippen molar-refractivity contribution in [2.24, 2.45) is 0 Å². The molecule has 2 aliphatic heterocycles. The molecular formula is C23H32N4O5. The van der Waals surface area contributed by atoms with Crippen LogP contribution in [0.25, 0.3) is 11.0 Å². The Balaban J connectivity index is 1.45. The van der Waals surface area contributed by atoms with Gasteiger partial charge < -0.3 is 19.3 Å². The van der Waals surface area contributed by atoms with E-state index in [2.05, 4.69) is 4.90 Å². The number of esters is 1. The summed E-state index contributed by atoms with van der Waals surface area (Å²) in [6.07, 6.45) is 3.40. The molecule has 0 saturated carbocycles. The Morgan fingerprint density at radius 1 is 0.969 bits per heavy atom. The monoisotopic (exact) mass is 444 g/mol. The van der Waals surface area contributed by atoms with Gasteiger partial charge >= 0.3 is 17.8 Å². The third-order valence-corrected chi connectivity index (χ3v) is 6.74. The van der Waals surface area contributed by atoms with Gasteiger partial charge in [0, 0.05) is 38.3 Å². The zero-order chi connectivity index (χ0) is 22.7. The van der Waals surface area contributed by atoms with Crippen molar-refractivity contribution < 1.29 is 19.1 Å². The van der Waals surface area contributed by atoms with Crippen LogP contribution in [0.1, 0.15) is 38.6 Å². The van der Waals surface area contributed by atoms with Crippen LogP contribution in [0.2, 0.25) is 0 Å². The van der Waals surface area contributed by atoms with Gasteiger partial charge in [0.1, 0.15) is 6.54 Å². The molecule has 0 N–H and O–H groups in total. The number of amides is 1. The summed E-state index contributed by atoms with van der Waals surface area (Å²) in [6, 6.07) is 8.21. The normalized spacial score (nSPS) is 18.8. The predicted molar refractivity (Wildman–Crippen MR) is 120 cm³/mol. The molecule has 0 spiro atoms. The van der Waals surface area contributed by atoms with Crippen molar-refractivity contribution in [3.05, 3.63) is 34.7 Å². The van der Waals surface area contributed by atoms with E-state index in [0.717, 1.165) is 62.9 Å². The molecule has 32 heavy (non-hydrogen) atoms. The number of rotatable bonds is 5. The highest BCUT2D eigenvalue weighted by molar-refractivity contribution is 5.79. The number of carbonyl (C=O) groups excluding carboxylic acids is 2. The quantitative estimate of drug-likeness (QED) is 0.658. The van der Waals surface area contributed by atoms with Gasteiger partial charge in [-0.25, -0.2) is 9.59 Å². The maximum absolute atomic E-state index is 13.3. The van der Waals surface area contributed by atoms with Crippen LogP contribution < -0.4 is 5.69 Å². The SMILES string of the molecule is CCOC(=O)Cn1c(=O)n(C2CCN(C3CCN(C(=O)OC)CC3)CC2)c2ccccc21. The van der Waals surface area contributed by atoms with Crippen LogP contribution >= 0.6 is 0 Å². The Morgan fingerprint density at radius 3 is 2.22 bits per heavy atom. The number of methoxy groups -OCH3 is 1. The van der Waals surface area contributed by atoms with Gasteiger partial charge in [-0.1, -0.05) is 12.1 Å². The van der Waals surface area contributed by atoms with Crippen molar-refractivity contribution in [1.82, 2.24) is 18.9 Å². The molecular weight excluding hydrogens is 412 g/mol. The fraction of sp³-hybridized carbons (Fsp3) is 0.609. The van der Waals surface area contributed by atoms with Gasteiger partial charge in [0.2, 0.25) is 0 Å². The molecule has 0 unspecified atom stereocenters. The summed E-state index contributed by atoms with van der Waals surface area (Å²) in [7, 11) is 1.42. The molecule has 2 aliphatic rings. The molecule has 2 saturated heterocycles. The number of nitrogens with zero attached hydrogens (tertiary/aromatic N) is 4. The van der Waals surface area contributed by atoms with Crippen LogP contribution in [-0.4, -0.2) is 76.9 Å². The van der Waals surface area contributed by atoms with Crippen LogP contribution in [0.4, 0.5) is 4.79 Å². The molecule has 3 heterocycles. The molecule has 1 aromatic heterocycles. The van der Waals surface area contributed by atoms with E-state index in [0.29, 0.717) is 12.6 Å². The minimum atomic E-state index is -0.398. The molecule has 0 radical (unpaired) electrons.